The lowest BCUT2D eigenvalue weighted by Crippen LogP contribution is -2.50. The van der Waals surface area contributed by atoms with Gasteiger partial charge in [-0.05, 0) is 61.6 Å². The molecule has 2 amide bonds. The van der Waals surface area contributed by atoms with E-state index in [2.05, 4.69) is 17.0 Å². The minimum atomic E-state index is -0.322. The van der Waals surface area contributed by atoms with Crippen molar-refractivity contribution in [3.63, 3.8) is 0 Å². The molecule has 3 aromatic carbocycles. The second-order valence-electron chi connectivity index (χ2n) is 11.3. The van der Waals surface area contributed by atoms with Crippen LogP contribution in [-0.2, 0) is 17.9 Å². The minimum absolute atomic E-state index is 0.0233. The number of hydrogen-bond acceptors (Lipinski definition) is 7. The van der Waals surface area contributed by atoms with E-state index >= 15 is 0 Å². The Morgan fingerprint density at radius 1 is 0.977 bits per heavy atom. The van der Waals surface area contributed by atoms with E-state index < -0.39 is 0 Å². The van der Waals surface area contributed by atoms with Crippen LogP contribution in [0.15, 0.2) is 66.7 Å². The molecule has 0 bridgehead atoms. The lowest BCUT2D eigenvalue weighted by molar-refractivity contribution is 0.0704. The molecule has 3 aliphatic heterocycles. The third kappa shape index (κ3) is 6.30. The van der Waals surface area contributed by atoms with E-state index in [4.69, 9.17) is 19.5 Å². The van der Waals surface area contributed by atoms with E-state index in [1.165, 1.54) is 0 Å². The second kappa shape index (κ2) is 12.8. The van der Waals surface area contributed by atoms with Crippen molar-refractivity contribution in [2.45, 2.75) is 51.0 Å². The fourth-order valence-corrected chi connectivity index (χ4v) is 6.32. The van der Waals surface area contributed by atoms with Crippen LogP contribution in [0.2, 0.25) is 0 Å². The number of ether oxygens (including phenoxy) is 3. The van der Waals surface area contributed by atoms with Gasteiger partial charge in [-0.3, -0.25) is 14.6 Å². The van der Waals surface area contributed by atoms with Crippen LogP contribution in [0.3, 0.4) is 0 Å². The summed E-state index contributed by atoms with van der Waals surface area (Å²) in [5.74, 6) is 1.10. The van der Waals surface area contributed by atoms with Crippen molar-refractivity contribution in [1.82, 2.24) is 9.80 Å². The molecule has 3 aliphatic rings. The molecule has 2 saturated heterocycles. The van der Waals surface area contributed by atoms with Crippen LogP contribution < -0.4 is 14.4 Å². The number of cyclic esters (lactones) is 1. The average molecular weight is 581 g/mol. The number of rotatable bonds is 7. The van der Waals surface area contributed by atoms with Gasteiger partial charge in [-0.25, -0.2) is 4.79 Å². The molecular weight excluding hydrogens is 544 g/mol. The molecule has 0 radical (unpaired) electrons. The summed E-state index contributed by atoms with van der Waals surface area (Å²) in [5, 5.41) is 9.16. The van der Waals surface area contributed by atoms with Gasteiger partial charge in [0.05, 0.1) is 30.0 Å². The van der Waals surface area contributed by atoms with E-state index in [-0.39, 0.29) is 24.1 Å². The van der Waals surface area contributed by atoms with Gasteiger partial charge in [0.2, 0.25) is 0 Å². The van der Waals surface area contributed by atoms with Crippen LogP contribution in [-0.4, -0.2) is 67.2 Å². The van der Waals surface area contributed by atoms with Crippen molar-refractivity contribution in [2.24, 2.45) is 0 Å². The van der Waals surface area contributed by atoms with Gasteiger partial charge in [-0.1, -0.05) is 30.3 Å². The first-order chi connectivity index (χ1) is 21.0. The Bertz CT molecular complexity index is 1520. The van der Waals surface area contributed by atoms with Crippen LogP contribution in [0.5, 0.6) is 11.5 Å². The van der Waals surface area contributed by atoms with Crippen molar-refractivity contribution in [3.05, 3.63) is 89.0 Å². The summed E-state index contributed by atoms with van der Waals surface area (Å²) in [4.78, 5) is 32.1. The predicted octanol–water partition coefficient (Wildman–Crippen LogP) is 5.37. The number of hydrogen-bond donors (Lipinski definition) is 0. The summed E-state index contributed by atoms with van der Waals surface area (Å²) < 4.78 is 17.4. The largest absolute Gasteiger partial charge is 0.496 e. The number of amides is 2. The van der Waals surface area contributed by atoms with Gasteiger partial charge in [0.1, 0.15) is 24.2 Å². The number of carbonyl (C=O) groups excluding carboxylic acids is 2. The molecule has 43 heavy (non-hydrogen) atoms. The highest BCUT2D eigenvalue weighted by Crippen LogP contribution is 2.33. The number of methoxy groups -OCH3 is 1. The van der Waals surface area contributed by atoms with Crippen molar-refractivity contribution in [1.29, 1.82) is 5.26 Å². The molecule has 0 unspecified atom stereocenters. The van der Waals surface area contributed by atoms with E-state index in [1.54, 1.807) is 24.1 Å². The van der Waals surface area contributed by atoms with E-state index in [1.807, 2.05) is 53.4 Å². The maximum atomic E-state index is 13.5. The molecule has 0 aliphatic carbocycles. The third-order valence-electron chi connectivity index (χ3n) is 8.62. The fraction of sp³-hybridized carbons (Fsp3) is 0.382. The fourth-order valence-electron chi connectivity index (χ4n) is 6.32. The number of benzene rings is 3. The number of para-hydroxylation sites is 1. The number of nitrogens with zero attached hydrogens (tertiary/aromatic N) is 4. The Labute approximate surface area is 252 Å². The summed E-state index contributed by atoms with van der Waals surface area (Å²) in [6.07, 6.45) is 2.88. The Morgan fingerprint density at radius 2 is 1.77 bits per heavy atom. The van der Waals surface area contributed by atoms with Gasteiger partial charge in [0.25, 0.3) is 5.91 Å². The van der Waals surface area contributed by atoms with Gasteiger partial charge >= 0.3 is 6.09 Å². The molecule has 222 valence electrons. The molecule has 3 heterocycles. The highest BCUT2D eigenvalue weighted by molar-refractivity contribution is 5.97. The standard InChI is InChI=1S/C34H36N4O5/c1-41-32-20-29(43-28-13-15-36(16-14-28)22-25-6-4-5-24(19-25)21-35)9-10-30(32)33(39)37-17-11-27(12-18-37)38-31-8-3-2-7-26(31)23-42-34(38)40/h2-10,19-20,27-28H,11-18,22-23H2,1H3. The van der Waals surface area contributed by atoms with Crippen LogP contribution in [0.4, 0.5) is 10.5 Å². The van der Waals surface area contributed by atoms with Gasteiger partial charge < -0.3 is 19.1 Å². The van der Waals surface area contributed by atoms with Crippen molar-refractivity contribution >= 4 is 17.7 Å². The van der Waals surface area contributed by atoms with Crippen molar-refractivity contribution < 1.29 is 23.8 Å². The molecule has 0 atom stereocenters. The van der Waals surface area contributed by atoms with Gasteiger partial charge in [-0.15, -0.1) is 0 Å². The van der Waals surface area contributed by atoms with Crippen LogP contribution in [0, 0.1) is 11.3 Å². The number of nitriles is 1. The lowest BCUT2D eigenvalue weighted by Gasteiger charge is -2.40. The van der Waals surface area contributed by atoms with Crippen molar-refractivity contribution in [3.8, 4) is 17.6 Å². The highest BCUT2D eigenvalue weighted by Gasteiger charge is 2.35. The van der Waals surface area contributed by atoms with Crippen LogP contribution >= 0.6 is 0 Å². The summed E-state index contributed by atoms with van der Waals surface area (Å²) in [5.41, 5.74) is 4.24. The van der Waals surface area contributed by atoms with Gasteiger partial charge in [0, 0.05) is 50.4 Å². The monoisotopic (exact) mass is 580 g/mol. The smallest absolute Gasteiger partial charge is 0.414 e. The summed E-state index contributed by atoms with van der Waals surface area (Å²) in [6.45, 7) is 4.00. The van der Waals surface area contributed by atoms with Crippen LogP contribution in [0.25, 0.3) is 0 Å². The first-order valence-electron chi connectivity index (χ1n) is 14.9. The summed E-state index contributed by atoms with van der Waals surface area (Å²) >= 11 is 0. The SMILES string of the molecule is COc1cc(OC2CCN(Cc3cccc(C#N)c3)CC2)ccc1C(=O)N1CCC(N2C(=O)OCc3ccccc32)CC1. The maximum Gasteiger partial charge on any atom is 0.414 e. The molecule has 0 aromatic heterocycles. The van der Waals surface area contributed by atoms with Gasteiger partial charge in [0.15, 0.2) is 0 Å². The number of piperidine rings is 2. The Morgan fingerprint density at radius 3 is 2.53 bits per heavy atom. The molecule has 9 nitrogen and oxygen atoms in total. The Balaban J connectivity index is 1.03. The Hall–Kier alpha value is -4.55. The van der Waals surface area contributed by atoms with E-state index in [0.29, 0.717) is 55.2 Å². The Kier molecular flexibility index (Phi) is 8.47. The quantitative estimate of drug-likeness (QED) is 0.371. The molecular formula is C34H36N4O5. The number of anilines is 1. The second-order valence-corrected chi connectivity index (χ2v) is 11.3. The molecule has 9 heteroatoms. The number of likely N-dealkylation sites (tertiary alicyclic amines) is 2. The molecule has 0 saturated carbocycles. The number of fused-ring (bicyclic) bond motifs is 1. The van der Waals surface area contributed by atoms with Crippen molar-refractivity contribution in [2.75, 3.05) is 38.2 Å². The molecule has 6 rings (SSSR count). The highest BCUT2D eigenvalue weighted by atomic mass is 16.6. The normalized spacial score (nSPS) is 18.0. The average Bonchev–Trinajstić information content (AvgIpc) is 3.05. The molecule has 2 fully saturated rings. The first-order valence-corrected chi connectivity index (χ1v) is 14.9. The van der Waals surface area contributed by atoms with E-state index in [0.717, 1.165) is 49.3 Å². The van der Waals surface area contributed by atoms with E-state index in [9.17, 15) is 9.59 Å². The molecule has 0 spiro atoms. The summed E-state index contributed by atoms with van der Waals surface area (Å²) in [6, 6.07) is 23.2. The minimum Gasteiger partial charge on any atom is -0.496 e. The zero-order valence-corrected chi connectivity index (χ0v) is 24.4. The first kappa shape index (κ1) is 28.6. The zero-order chi connectivity index (χ0) is 29.8. The van der Waals surface area contributed by atoms with Gasteiger partial charge in [-0.2, -0.15) is 5.26 Å². The molecule has 0 N–H and O–H groups in total. The van der Waals surface area contributed by atoms with Crippen LogP contribution in [0.1, 0.15) is 52.7 Å². The zero-order valence-electron chi connectivity index (χ0n) is 24.4. The lowest BCUT2D eigenvalue weighted by atomic mass is 10.00. The number of carbonyl (C=O) groups is 2. The predicted molar refractivity (Wildman–Crippen MR) is 161 cm³/mol. The summed E-state index contributed by atoms with van der Waals surface area (Å²) in [7, 11) is 1.57. The maximum absolute atomic E-state index is 13.5. The third-order valence-corrected chi connectivity index (χ3v) is 8.62. The molecule has 3 aromatic rings. The topological polar surface area (TPSA) is 95.3 Å².